The quantitative estimate of drug-likeness (QED) is 0.445. The standard InChI is InChI=1S/C22H34FNO/c1-2-3-4-5-6-7-8-9-10-11-22(25)24-17-16-20(18-24)19-12-14-21(23)15-13-19/h12-15,20H,2-11,16-18H2,1H3. The second kappa shape index (κ2) is 11.3. The van der Waals surface area contributed by atoms with Gasteiger partial charge in [-0.1, -0.05) is 70.4 Å². The highest BCUT2D eigenvalue weighted by molar-refractivity contribution is 5.76. The van der Waals surface area contributed by atoms with E-state index in [1.54, 1.807) is 0 Å². The Morgan fingerprint density at radius 1 is 1.00 bits per heavy atom. The Kier molecular flexibility index (Phi) is 8.99. The predicted octanol–water partition coefficient (Wildman–Crippen LogP) is 6.06. The van der Waals surface area contributed by atoms with Crippen LogP contribution in [0.3, 0.4) is 0 Å². The molecular formula is C22H34FNO. The average Bonchev–Trinajstić information content (AvgIpc) is 3.11. The number of amides is 1. The Bertz CT molecular complexity index is 499. The minimum Gasteiger partial charge on any atom is -0.342 e. The lowest BCUT2D eigenvalue weighted by Crippen LogP contribution is -2.28. The molecule has 1 aromatic carbocycles. The van der Waals surface area contributed by atoms with Gasteiger partial charge in [-0.05, 0) is 30.5 Å². The molecule has 0 radical (unpaired) electrons. The Hall–Kier alpha value is -1.38. The van der Waals surface area contributed by atoms with Gasteiger partial charge in [-0.2, -0.15) is 0 Å². The van der Waals surface area contributed by atoms with E-state index in [1.807, 2.05) is 17.0 Å². The minimum atomic E-state index is -0.194. The van der Waals surface area contributed by atoms with Crippen LogP contribution >= 0.6 is 0 Å². The normalized spacial score (nSPS) is 17.2. The largest absolute Gasteiger partial charge is 0.342 e. The minimum absolute atomic E-state index is 0.194. The zero-order valence-electron chi connectivity index (χ0n) is 15.8. The van der Waals surface area contributed by atoms with E-state index < -0.39 is 0 Å². The molecule has 0 N–H and O–H groups in total. The summed E-state index contributed by atoms with van der Waals surface area (Å²) >= 11 is 0. The van der Waals surface area contributed by atoms with Crippen molar-refractivity contribution in [2.45, 2.75) is 83.5 Å². The topological polar surface area (TPSA) is 20.3 Å². The first kappa shape index (κ1) is 19.9. The van der Waals surface area contributed by atoms with Crippen LogP contribution in [0.2, 0.25) is 0 Å². The predicted molar refractivity (Wildman–Crippen MR) is 102 cm³/mol. The zero-order chi connectivity index (χ0) is 17.9. The summed E-state index contributed by atoms with van der Waals surface area (Å²) < 4.78 is 13.0. The molecule has 0 aromatic heterocycles. The Morgan fingerprint density at radius 3 is 2.24 bits per heavy atom. The molecule has 0 bridgehead atoms. The van der Waals surface area contributed by atoms with Crippen molar-refractivity contribution in [3.63, 3.8) is 0 Å². The van der Waals surface area contributed by atoms with Gasteiger partial charge in [0.2, 0.25) is 5.91 Å². The number of carbonyl (C=O) groups excluding carboxylic acids is 1. The van der Waals surface area contributed by atoms with Crippen molar-refractivity contribution >= 4 is 5.91 Å². The van der Waals surface area contributed by atoms with E-state index in [0.717, 1.165) is 31.5 Å². The smallest absolute Gasteiger partial charge is 0.222 e. The molecule has 1 amide bonds. The van der Waals surface area contributed by atoms with Gasteiger partial charge in [-0.15, -0.1) is 0 Å². The Balaban J connectivity index is 1.55. The van der Waals surface area contributed by atoms with Crippen molar-refractivity contribution in [3.05, 3.63) is 35.6 Å². The van der Waals surface area contributed by atoms with Crippen molar-refractivity contribution in [3.8, 4) is 0 Å². The van der Waals surface area contributed by atoms with Gasteiger partial charge < -0.3 is 4.90 Å². The molecule has 0 spiro atoms. The van der Waals surface area contributed by atoms with Crippen LogP contribution in [0.25, 0.3) is 0 Å². The molecule has 0 saturated carbocycles. The number of carbonyl (C=O) groups is 1. The first-order valence-corrected chi connectivity index (χ1v) is 10.2. The summed E-state index contributed by atoms with van der Waals surface area (Å²) in [7, 11) is 0. The van der Waals surface area contributed by atoms with Gasteiger partial charge in [0.15, 0.2) is 0 Å². The maximum atomic E-state index is 13.0. The molecule has 3 heteroatoms. The van der Waals surface area contributed by atoms with Crippen LogP contribution in [0.15, 0.2) is 24.3 Å². The Morgan fingerprint density at radius 2 is 1.60 bits per heavy atom. The monoisotopic (exact) mass is 347 g/mol. The second-order valence-electron chi connectivity index (χ2n) is 7.46. The lowest BCUT2D eigenvalue weighted by atomic mass is 9.99. The second-order valence-corrected chi connectivity index (χ2v) is 7.46. The van der Waals surface area contributed by atoms with Gasteiger partial charge in [0.1, 0.15) is 5.82 Å². The molecule has 1 unspecified atom stereocenters. The summed E-state index contributed by atoms with van der Waals surface area (Å²) in [6.45, 7) is 3.89. The number of rotatable bonds is 11. The molecule has 1 atom stereocenters. The van der Waals surface area contributed by atoms with E-state index >= 15 is 0 Å². The third kappa shape index (κ3) is 7.17. The van der Waals surface area contributed by atoms with Gasteiger partial charge in [0.25, 0.3) is 0 Å². The van der Waals surface area contributed by atoms with Crippen molar-refractivity contribution in [2.24, 2.45) is 0 Å². The van der Waals surface area contributed by atoms with Crippen molar-refractivity contribution in [1.29, 1.82) is 0 Å². The molecule has 25 heavy (non-hydrogen) atoms. The number of hydrogen-bond acceptors (Lipinski definition) is 1. The third-order valence-corrected chi connectivity index (χ3v) is 5.38. The zero-order valence-corrected chi connectivity index (χ0v) is 15.8. The fourth-order valence-corrected chi connectivity index (χ4v) is 3.74. The van der Waals surface area contributed by atoms with Crippen LogP contribution in [-0.2, 0) is 4.79 Å². The summed E-state index contributed by atoms with van der Waals surface area (Å²) in [6, 6.07) is 6.74. The number of hydrogen-bond donors (Lipinski definition) is 0. The van der Waals surface area contributed by atoms with E-state index in [0.29, 0.717) is 18.2 Å². The molecule has 1 saturated heterocycles. The molecule has 1 aliphatic rings. The molecule has 1 heterocycles. The van der Waals surface area contributed by atoms with Gasteiger partial charge in [-0.3, -0.25) is 4.79 Å². The first-order valence-electron chi connectivity index (χ1n) is 10.2. The van der Waals surface area contributed by atoms with Gasteiger partial charge in [-0.25, -0.2) is 4.39 Å². The molecule has 2 nitrogen and oxygen atoms in total. The molecule has 0 aliphatic carbocycles. The van der Waals surface area contributed by atoms with Crippen LogP contribution < -0.4 is 0 Å². The third-order valence-electron chi connectivity index (χ3n) is 5.38. The summed E-state index contributed by atoms with van der Waals surface area (Å²) in [4.78, 5) is 14.3. The van der Waals surface area contributed by atoms with Crippen molar-refractivity contribution in [1.82, 2.24) is 4.90 Å². The summed E-state index contributed by atoms with van der Waals surface area (Å²) in [5, 5.41) is 0. The fourth-order valence-electron chi connectivity index (χ4n) is 3.74. The van der Waals surface area contributed by atoms with Gasteiger partial charge >= 0.3 is 0 Å². The van der Waals surface area contributed by atoms with Crippen LogP contribution in [0.5, 0.6) is 0 Å². The van der Waals surface area contributed by atoms with Crippen molar-refractivity contribution < 1.29 is 9.18 Å². The van der Waals surface area contributed by atoms with E-state index in [2.05, 4.69) is 6.92 Å². The molecule has 1 aliphatic heterocycles. The number of halogens is 1. The van der Waals surface area contributed by atoms with Crippen LogP contribution in [-0.4, -0.2) is 23.9 Å². The van der Waals surface area contributed by atoms with E-state index in [1.165, 1.54) is 63.5 Å². The van der Waals surface area contributed by atoms with Crippen LogP contribution in [0, 0.1) is 5.82 Å². The summed E-state index contributed by atoms with van der Waals surface area (Å²) in [5.74, 6) is 0.472. The highest BCUT2D eigenvalue weighted by Gasteiger charge is 2.26. The number of benzene rings is 1. The van der Waals surface area contributed by atoms with Crippen LogP contribution in [0.1, 0.15) is 89.0 Å². The summed E-state index contributed by atoms with van der Waals surface area (Å²) in [5.41, 5.74) is 1.15. The lowest BCUT2D eigenvalue weighted by molar-refractivity contribution is -0.130. The molecule has 2 rings (SSSR count). The van der Waals surface area contributed by atoms with Gasteiger partial charge in [0, 0.05) is 25.4 Å². The Labute approximate surface area is 152 Å². The molecule has 1 fully saturated rings. The summed E-state index contributed by atoms with van der Waals surface area (Å²) in [6.07, 6.45) is 13.2. The highest BCUT2D eigenvalue weighted by atomic mass is 19.1. The van der Waals surface area contributed by atoms with E-state index in [9.17, 15) is 9.18 Å². The number of likely N-dealkylation sites (tertiary alicyclic amines) is 1. The SMILES string of the molecule is CCCCCCCCCCCC(=O)N1CCC(c2ccc(F)cc2)C1. The van der Waals surface area contributed by atoms with Gasteiger partial charge in [0.05, 0.1) is 0 Å². The maximum absolute atomic E-state index is 13.0. The fraction of sp³-hybridized carbons (Fsp3) is 0.682. The van der Waals surface area contributed by atoms with Crippen LogP contribution in [0.4, 0.5) is 4.39 Å². The number of nitrogens with zero attached hydrogens (tertiary/aromatic N) is 1. The number of unbranched alkanes of at least 4 members (excludes halogenated alkanes) is 8. The molecule has 140 valence electrons. The van der Waals surface area contributed by atoms with E-state index in [4.69, 9.17) is 0 Å². The maximum Gasteiger partial charge on any atom is 0.222 e. The molecular weight excluding hydrogens is 313 g/mol. The highest BCUT2D eigenvalue weighted by Crippen LogP contribution is 2.28. The lowest BCUT2D eigenvalue weighted by Gasteiger charge is -2.16. The van der Waals surface area contributed by atoms with E-state index in [-0.39, 0.29) is 5.82 Å². The average molecular weight is 348 g/mol. The molecule has 1 aromatic rings. The van der Waals surface area contributed by atoms with Crippen molar-refractivity contribution in [2.75, 3.05) is 13.1 Å². The first-order chi connectivity index (χ1) is 12.2.